The van der Waals surface area contributed by atoms with E-state index in [1.54, 1.807) is 6.92 Å². The molecule has 1 rings (SSSR count). The van der Waals surface area contributed by atoms with Crippen LogP contribution in [-0.4, -0.2) is 37.5 Å². The third-order valence-corrected chi connectivity index (χ3v) is 3.01. The van der Waals surface area contributed by atoms with E-state index >= 15 is 0 Å². The first-order chi connectivity index (χ1) is 8.41. The lowest BCUT2D eigenvalue weighted by Crippen LogP contribution is -2.42. The molecular weight excluding hydrogens is 250 g/mol. The van der Waals surface area contributed by atoms with Gasteiger partial charge in [0.15, 0.2) is 0 Å². The van der Waals surface area contributed by atoms with E-state index in [1.807, 2.05) is 43.3 Å². The minimum Gasteiger partial charge on any atom is -0.353 e. The number of nitrogens with zero attached hydrogens (tertiary/aromatic N) is 1. The molecule has 3 N–H and O–H groups in total. The molecule has 2 unspecified atom stereocenters. The summed E-state index contributed by atoms with van der Waals surface area (Å²) >= 11 is 5.87. The fourth-order valence-corrected chi connectivity index (χ4v) is 1.77. The molecule has 1 amide bonds. The average molecular weight is 270 g/mol. The van der Waals surface area contributed by atoms with Crippen molar-refractivity contribution in [2.24, 2.45) is 5.73 Å². The Hall–Kier alpha value is -1.10. The number of rotatable bonds is 5. The summed E-state index contributed by atoms with van der Waals surface area (Å²) in [6, 6.07) is 7.24. The van der Waals surface area contributed by atoms with E-state index in [-0.39, 0.29) is 11.9 Å². The normalized spacial score (nSPS) is 14.3. The van der Waals surface area contributed by atoms with Crippen LogP contribution in [0.4, 0.5) is 0 Å². The summed E-state index contributed by atoms with van der Waals surface area (Å²) in [7, 11) is 3.94. The largest absolute Gasteiger partial charge is 0.353 e. The molecule has 100 valence electrons. The van der Waals surface area contributed by atoms with Crippen molar-refractivity contribution < 1.29 is 4.79 Å². The van der Waals surface area contributed by atoms with Gasteiger partial charge in [-0.2, -0.15) is 0 Å². The maximum atomic E-state index is 11.5. The Morgan fingerprint density at radius 1 is 1.39 bits per heavy atom. The highest BCUT2D eigenvalue weighted by Gasteiger charge is 2.16. The molecule has 1 aromatic rings. The third kappa shape index (κ3) is 4.29. The Bertz CT molecular complexity index is 390. The van der Waals surface area contributed by atoms with Gasteiger partial charge in [0.25, 0.3) is 0 Å². The van der Waals surface area contributed by atoms with Crippen LogP contribution < -0.4 is 11.1 Å². The Balaban J connectivity index is 2.72. The van der Waals surface area contributed by atoms with Crippen LogP contribution >= 0.6 is 11.6 Å². The first-order valence-electron chi connectivity index (χ1n) is 5.87. The van der Waals surface area contributed by atoms with Crippen molar-refractivity contribution in [3.05, 3.63) is 34.9 Å². The molecule has 4 nitrogen and oxygen atoms in total. The SMILES string of the molecule is CC(N)C(=O)NCC(c1ccc(Cl)cc1)N(C)C. The van der Waals surface area contributed by atoms with E-state index in [9.17, 15) is 4.79 Å². The van der Waals surface area contributed by atoms with Crippen LogP contribution in [0.15, 0.2) is 24.3 Å². The number of nitrogens with one attached hydrogen (secondary N) is 1. The lowest BCUT2D eigenvalue weighted by atomic mass is 10.1. The van der Waals surface area contributed by atoms with Crippen LogP contribution in [0, 0.1) is 0 Å². The predicted molar refractivity (Wildman–Crippen MR) is 74.5 cm³/mol. The molecule has 0 heterocycles. The molecule has 0 radical (unpaired) electrons. The number of halogens is 1. The van der Waals surface area contributed by atoms with Gasteiger partial charge in [-0.1, -0.05) is 23.7 Å². The molecule has 0 bridgehead atoms. The second kappa shape index (κ2) is 6.73. The van der Waals surface area contributed by atoms with Crippen molar-refractivity contribution in [1.82, 2.24) is 10.2 Å². The number of likely N-dealkylation sites (N-methyl/N-ethyl adjacent to an activating group) is 1. The van der Waals surface area contributed by atoms with Gasteiger partial charge in [0.05, 0.1) is 12.1 Å². The predicted octanol–water partition coefficient (Wildman–Crippen LogP) is 1.41. The molecule has 0 saturated carbocycles. The highest BCUT2D eigenvalue weighted by atomic mass is 35.5. The van der Waals surface area contributed by atoms with Crippen molar-refractivity contribution in [3.8, 4) is 0 Å². The number of hydrogen-bond acceptors (Lipinski definition) is 3. The van der Waals surface area contributed by atoms with Crippen molar-refractivity contribution >= 4 is 17.5 Å². The number of hydrogen-bond donors (Lipinski definition) is 2. The van der Waals surface area contributed by atoms with Crippen LogP contribution in [-0.2, 0) is 4.79 Å². The van der Waals surface area contributed by atoms with E-state index in [0.29, 0.717) is 11.6 Å². The molecule has 1 aromatic carbocycles. The molecule has 0 aliphatic heterocycles. The summed E-state index contributed by atoms with van der Waals surface area (Å²) in [4.78, 5) is 13.5. The zero-order valence-electron chi connectivity index (χ0n) is 11.0. The van der Waals surface area contributed by atoms with Crippen molar-refractivity contribution in [3.63, 3.8) is 0 Å². The first kappa shape index (κ1) is 15.0. The lowest BCUT2D eigenvalue weighted by molar-refractivity contribution is -0.122. The van der Waals surface area contributed by atoms with Gasteiger partial charge in [-0.15, -0.1) is 0 Å². The standard InChI is InChI=1S/C13H20ClN3O/c1-9(15)13(18)16-8-12(17(2)3)10-4-6-11(14)7-5-10/h4-7,9,12H,8,15H2,1-3H3,(H,16,18). The molecule has 0 aliphatic rings. The maximum absolute atomic E-state index is 11.5. The smallest absolute Gasteiger partial charge is 0.236 e. The molecule has 2 atom stereocenters. The van der Waals surface area contributed by atoms with E-state index in [1.165, 1.54) is 0 Å². The molecule has 0 aromatic heterocycles. The summed E-state index contributed by atoms with van der Waals surface area (Å²) in [5, 5.41) is 3.54. The van der Waals surface area contributed by atoms with Crippen LogP contribution in [0.25, 0.3) is 0 Å². The minimum atomic E-state index is -0.488. The van der Waals surface area contributed by atoms with Crippen molar-refractivity contribution in [2.45, 2.75) is 19.0 Å². The minimum absolute atomic E-state index is 0.102. The molecule has 0 fully saturated rings. The van der Waals surface area contributed by atoms with E-state index in [0.717, 1.165) is 5.56 Å². The number of amides is 1. The fourth-order valence-electron chi connectivity index (χ4n) is 1.64. The van der Waals surface area contributed by atoms with Gasteiger partial charge in [-0.3, -0.25) is 4.79 Å². The molecule has 0 spiro atoms. The van der Waals surface area contributed by atoms with E-state index < -0.39 is 6.04 Å². The maximum Gasteiger partial charge on any atom is 0.236 e. The molecule has 18 heavy (non-hydrogen) atoms. The molecular formula is C13H20ClN3O. The second-order valence-corrected chi connectivity index (χ2v) is 5.00. The highest BCUT2D eigenvalue weighted by molar-refractivity contribution is 6.30. The summed E-state index contributed by atoms with van der Waals surface area (Å²) in [5.74, 6) is -0.143. The van der Waals surface area contributed by atoms with Gasteiger partial charge in [-0.25, -0.2) is 0 Å². The Morgan fingerprint density at radius 2 is 1.94 bits per heavy atom. The summed E-state index contributed by atoms with van der Waals surface area (Å²) in [6.07, 6.45) is 0. The highest BCUT2D eigenvalue weighted by Crippen LogP contribution is 2.19. The number of nitrogens with two attached hydrogens (primary N) is 1. The van der Waals surface area contributed by atoms with Gasteiger partial charge in [0.2, 0.25) is 5.91 Å². The monoisotopic (exact) mass is 269 g/mol. The topological polar surface area (TPSA) is 58.4 Å². The van der Waals surface area contributed by atoms with Gasteiger partial charge in [0, 0.05) is 11.6 Å². The third-order valence-electron chi connectivity index (χ3n) is 2.76. The van der Waals surface area contributed by atoms with Gasteiger partial charge in [-0.05, 0) is 38.7 Å². The van der Waals surface area contributed by atoms with Gasteiger partial charge < -0.3 is 16.0 Å². The molecule has 0 saturated heterocycles. The number of carbonyl (C=O) groups excluding carboxylic acids is 1. The zero-order valence-corrected chi connectivity index (χ0v) is 11.7. The van der Waals surface area contributed by atoms with Crippen molar-refractivity contribution in [2.75, 3.05) is 20.6 Å². The first-order valence-corrected chi connectivity index (χ1v) is 6.24. The van der Waals surface area contributed by atoms with Crippen LogP contribution in [0.1, 0.15) is 18.5 Å². The lowest BCUT2D eigenvalue weighted by Gasteiger charge is -2.25. The van der Waals surface area contributed by atoms with Gasteiger partial charge in [0.1, 0.15) is 0 Å². The zero-order chi connectivity index (χ0) is 13.7. The Kier molecular flexibility index (Phi) is 5.59. The molecule has 5 heteroatoms. The van der Waals surface area contributed by atoms with Crippen LogP contribution in [0.5, 0.6) is 0 Å². The second-order valence-electron chi connectivity index (χ2n) is 4.56. The summed E-state index contributed by atoms with van der Waals surface area (Å²) in [6.45, 7) is 2.19. The number of carbonyl (C=O) groups is 1. The van der Waals surface area contributed by atoms with E-state index in [2.05, 4.69) is 5.32 Å². The van der Waals surface area contributed by atoms with Crippen LogP contribution in [0.3, 0.4) is 0 Å². The van der Waals surface area contributed by atoms with E-state index in [4.69, 9.17) is 17.3 Å². The van der Waals surface area contributed by atoms with Crippen molar-refractivity contribution in [1.29, 1.82) is 0 Å². The summed E-state index contributed by atoms with van der Waals surface area (Å²) < 4.78 is 0. The van der Waals surface area contributed by atoms with Crippen LogP contribution in [0.2, 0.25) is 5.02 Å². The summed E-state index contributed by atoms with van der Waals surface area (Å²) in [5.41, 5.74) is 6.62. The van der Waals surface area contributed by atoms with Gasteiger partial charge >= 0.3 is 0 Å². The number of benzene rings is 1. The Morgan fingerprint density at radius 3 is 2.39 bits per heavy atom. The quantitative estimate of drug-likeness (QED) is 0.850. The fraction of sp³-hybridized carbons (Fsp3) is 0.462. The Labute approximate surface area is 113 Å². The average Bonchev–Trinajstić information content (AvgIpc) is 2.30. The molecule has 0 aliphatic carbocycles.